The number of sulfonamides is 1. The number of nitrogens with one attached hydrogen (secondary N) is 1. The van der Waals surface area contributed by atoms with Gasteiger partial charge >= 0.3 is 0 Å². The predicted molar refractivity (Wildman–Crippen MR) is 99.8 cm³/mol. The summed E-state index contributed by atoms with van der Waals surface area (Å²) in [5.74, 6) is 1.48. The molecule has 7 nitrogen and oxygen atoms in total. The van der Waals surface area contributed by atoms with Crippen LogP contribution in [0.5, 0.6) is 5.75 Å². The summed E-state index contributed by atoms with van der Waals surface area (Å²) in [6.07, 6.45) is -0.154. The van der Waals surface area contributed by atoms with E-state index in [9.17, 15) is 8.42 Å². The third-order valence-electron chi connectivity index (χ3n) is 4.39. The molecule has 26 heavy (non-hydrogen) atoms. The molecule has 0 aliphatic carbocycles. The van der Waals surface area contributed by atoms with Gasteiger partial charge in [-0.1, -0.05) is 12.1 Å². The van der Waals surface area contributed by atoms with Crippen LogP contribution in [0.3, 0.4) is 0 Å². The first-order valence-corrected chi connectivity index (χ1v) is 10.4. The van der Waals surface area contributed by atoms with Crippen molar-refractivity contribution in [1.82, 2.24) is 9.62 Å². The number of para-hydroxylation sites is 1. The lowest BCUT2D eigenvalue weighted by atomic mass is 10.2. The van der Waals surface area contributed by atoms with E-state index < -0.39 is 10.0 Å². The van der Waals surface area contributed by atoms with Gasteiger partial charge in [0.05, 0.1) is 31.6 Å². The Morgan fingerprint density at radius 3 is 2.69 bits per heavy atom. The van der Waals surface area contributed by atoms with Gasteiger partial charge in [-0.3, -0.25) is 0 Å². The molecule has 1 N–H and O–H groups in total. The number of furan rings is 1. The van der Waals surface area contributed by atoms with Crippen molar-refractivity contribution in [3.05, 3.63) is 30.0 Å². The molecule has 2 heterocycles. The van der Waals surface area contributed by atoms with Crippen molar-refractivity contribution >= 4 is 21.0 Å². The molecule has 3 rings (SSSR count). The van der Waals surface area contributed by atoms with Crippen LogP contribution in [0.4, 0.5) is 0 Å². The molecule has 1 saturated heterocycles. The van der Waals surface area contributed by atoms with Gasteiger partial charge in [-0.25, -0.2) is 8.42 Å². The smallest absolute Gasteiger partial charge is 0.215 e. The van der Waals surface area contributed by atoms with Crippen molar-refractivity contribution in [1.29, 1.82) is 0 Å². The third kappa shape index (κ3) is 4.37. The number of nitrogens with zero attached hydrogens (tertiary/aromatic N) is 1. The third-order valence-corrected chi connectivity index (χ3v) is 6.20. The summed E-state index contributed by atoms with van der Waals surface area (Å²) in [4.78, 5) is 0. The number of methoxy groups -OCH3 is 1. The average molecular weight is 382 g/mol. The van der Waals surface area contributed by atoms with Gasteiger partial charge in [0, 0.05) is 25.0 Å². The summed E-state index contributed by atoms with van der Waals surface area (Å²) in [5, 5.41) is 4.11. The zero-order chi connectivity index (χ0) is 18.7. The van der Waals surface area contributed by atoms with E-state index in [0.717, 1.165) is 11.1 Å². The van der Waals surface area contributed by atoms with Crippen LogP contribution in [0, 0.1) is 0 Å². The summed E-state index contributed by atoms with van der Waals surface area (Å²) in [6, 6.07) is 7.64. The number of ether oxygens (including phenoxy) is 2. The molecule has 0 saturated carbocycles. The van der Waals surface area contributed by atoms with Crippen molar-refractivity contribution < 1.29 is 22.3 Å². The van der Waals surface area contributed by atoms with E-state index in [-0.39, 0.29) is 18.0 Å². The molecule has 0 radical (unpaired) electrons. The summed E-state index contributed by atoms with van der Waals surface area (Å²) in [5.41, 5.74) is 0.704. The van der Waals surface area contributed by atoms with Crippen molar-refractivity contribution in [2.45, 2.75) is 32.6 Å². The van der Waals surface area contributed by atoms with Crippen molar-refractivity contribution in [3.8, 4) is 5.75 Å². The van der Waals surface area contributed by atoms with Gasteiger partial charge in [0.25, 0.3) is 0 Å². The normalized spacial score (nSPS) is 22.0. The van der Waals surface area contributed by atoms with E-state index in [1.807, 2.05) is 38.1 Å². The molecule has 0 amide bonds. The quantitative estimate of drug-likeness (QED) is 0.738. The van der Waals surface area contributed by atoms with Gasteiger partial charge in [0.2, 0.25) is 10.0 Å². The van der Waals surface area contributed by atoms with Crippen LogP contribution in [0.25, 0.3) is 11.0 Å². The Labute approximate surface area is 154 Å². The fraction of sp³-hybridized carbons (Fsp3) is 0.556. The number of fused-ring (bicyclic) bond motifs is 1. The standard InChI is InChI=1S/C18H26N2O5S/c1-13-11-20(12-14(2)24-13)26(21,22)8-7-19-10-16-9-15-5-4-6-17(23-3)18(15)25-16/h4-6,9,13-14,19H,7-8,10-12H2,1-3H3. The number of benzene rings is 1. The highest BCUT2D eigenvalue weighted by Gasteiger charge is 2.30. The Balaban J connectivity index is 1.53. The predicted octanol–water partition coefficient (Wildman–Crippen LogP) is 1.97. The van der Waals surface area contributed by atoms with E-state index in [4.69, 9.17) is 13.9 Å². The van der Waals surface area contributed by atoms with Gasteiger partial charge < -0.3 is 19.2 Å². The minimum atomic E-state index is -3.30. The number of morpholine rings is 1. The van der Waals surface area contributed by atoms with Crippen LogP contribution in [0.15, 0.2) is 28.7 Å². The van der Waals surface area contributed by atoms with Crippen molar-refractivity contribution in [2.75, 3.05) is 32.5 Å². The lowest BCUT2D eigenvalue weighted by molar-refractivity contribution is -0.0440. The molecule has 1 fully saturated rings. The monoisotopic (exact) mass is 382 g/mol. The number of hydrogen-bond acceptors (Lipinski definition) is 6. The van der Waals surface area contributed by atoms with Crippen LogP contribution in [-0.4, -0.2) is 57.4 Å². The van der Waals surface area contributed by atoms with Crippen LogP contribution in [0.1, 0.15) is 19.6 Å². The second kappa shape index (κ2) is 7.96. The molecule has 0 bridgehead atoms. The molecule has 8 heteroatoms. The first-order chi connectivity index (χ1) is 12.4. The highest BCUT2D eigenvalue weighted by molar-refractivity contribution is 7.89. The maximum absolute atomic E-state index is 12.5. The molecule has 2 atom stereocenters. The van der Waals surface area contributed by atoms with E-state index in [2.05, 4.69) is 5.32 Å². The highest BCUT2D eigenvalue weighted by Crippen LogP contribution is 2.28. The van der Waals surface area contributed by atoms with Crippen molar-refractivity contribution in [3.63, 3.8) is 0 Å². The van der Waals surface area contributed by atoms with Crippen LogP contribution in [-0.2, 0) is 21.3 Å². The van der Waals surface area contributed by atoms with E-state index >= 15 is 0 Å². The lowest BCUT2D eigenvalue weighted by Gasteiger charge is -2.34. The van der Waals surface area contributed by atoms with Gasteiger partial charge in [0.15, 0.2) is 11.3 Å². The second-order valence-corrected chi connectivity index (χ2v) is 8.75. The van der Waals surface area contributed by atoms with Crippen LogP contribution in [0.2, 0.25) is 0 Å². The number of rotatable bonds is 7. The van der Waals surface area contributed by atoms with Crippen LogP contribution < -0.4 is 10.1 Å². The summed E-state index contributed by atoms with van der Waals surface area (Å²) in [7, 11) is -1.69. The fourth-order valence-electron chi connectivity index (χ4n) is 3.24. The molecular formula is C18H26N2O5S. The Morgan fingerprint density at radius 2 is 2.00 bits per heavy atom. The van der Waals surface area contributed by atoms with Crippen molar-refractivity contribution in [2.24, 2.45) is 0 Å². The Morgan fingerprint density at radius 1 is 1.27 bits per heavy atom. The highest BCUT2D eigenvalue weighted by atomic mass is 32.2. The van der Waals surface area contributed by atoms with Gasteiger partial charge in [0.1, 0.15) is 5.76 Å². The molecule has 1 aliphatic rings. The topological polar surface area (TPSA) is 81.0 Å². The van der Waals surface area contributed by atoms with Gasteiger partial charge in [-0.15, -0.1) is 0 Å². The molecular weight excluding hydrogens is 356 g/mol. The molecule has 2 aromatic rings. The zero-order valence-corrected chi connectivity index (χ0v) is 16.2. The first-order valence-electron chi connectivity index (χ1n) is 8.78. The Bertz CT molecular complexity index is 838. The molecule has 1 aromatic heterocycles. The molecule has 144 valence electrons. The molecule has 1 aromatic carbocycles. The summed E-state index contributed by atoms with van der Waals surface area (Å²) < 4.78 is 43.2. The minimum absolute atomic E-state index is 0.0516. The van der Waals surface area contributed by atoms with Gasteiger partial charge in [-0.05, 0) is 26.0 Å². The lowest BCUT2D eigenvalue weighted by Crippen LogP contribution is -2.49. The summed E-state index contributed by atoms with van der Waals surface area (Å²) >= 11 is 0. The molecule has 1 aliphatic heterocycles. The molecule has 0 spiro atoms. The number of hydrogen-bond donors (Lipinski definition) is 1. The maximum Gasteiger partial charge on any atom is 0.215 e. The van der Waals surface area contributed by atoms with E-state index in [0.29, 0.717) is 37.5 Å². The Hall–Kier alpha value is -1.61. The van der Waals surface area contributed by atoms with E-state index in [1.54, 1.807) is 7.11 Å². The molecule has 2 unspecified atom stereocenters. The largest absolute Gasteiger partial charge is 0.493 e. The minimum Gasteiger partial charge on any atom is -0.493 e. The summed E-state index contributed by atoms with van der Waals surface area (Å²) in [6.45, 7) is 5.44. The Kier molecular flexibility index (Phi) is 5.86. The average Bonchev–Trinajstić information content (AvgIpc) is 3.00. The van der Waals surface area contributed by atoms with Gasteiger partial charge in [-0.2, -0.15) is 4.31 Å². The van der Waals surface area contributed by atoms with Crippen LogP contribution >= 0.6 is 0 Å². The maximum atomic E-state index is 12.5. The second-order valence-electron chi connectivity index (χ2n) is 6.66. The fourth-order valence-corrected chi connectivity index (χ4v) is 4.77. The van der Waals surface area contributed by atoms with E-state index in [1.165, 1.54) is 4.31 Å². The first kappa shape index (κ1) is 19.2. The zero-order valence-electron chi connectivity index (χ0n) is 15.4. The SMILES string of the molecule is COc1cccc2cc(CNCCS(=O)(=O)N3CC(C)OC(C)C3)oc12.